The van der Waals surface area contributed by atoms with Gasteiger partial charge in [-0.05, 0) is 6.92 Å². The van der Waals surface area contributed by atoms with Crippen molar-refractivity contribution >= 4 is 45.9 Å². The standard InChI is InChI=1S/C15H15ClN4O5S/c1-2-25-13(21)5-11-8-26-15(18-11)19-17-7-10-4-12(20(23)24)3-9(6-16)14(10)22/h3-4,7-8,22H,2,5-6H2,1H3,(H,18,19). The minimum Gasteiger partial charge on any atom is -0.507 e. The number of nitrogens with one attached hydrogen (secondary N) is 1. The molecule has 0 saturated carbocycles. The second-order valence-corrected chi connectivity index (χ2v) is 6.05. The molecular formula is C15H15ClN4O5S. The zero-order valence-electron chi connectivity index (χ0n) is 13.6. The van der Waals surface area contributed by atoms with Gasteiger partial charge in [-0.1, -0.05) is 0 Å². The maximum Gasteiger partial charge on any atom is 0.311 e. The number of thiazole rings is 1. The zero-order chi connectivity index (χ0) is 19.1. The van der Waals surface area contributed by atoms with Crippen LogP contribution in [-0.2, 0) is 21.8 Å². The van der Waals surface area contributed by atoms with Crippen LogP contribution < -0.4 is 5.43 Å². The van der Waals surface area contributed by atoms with Gasteiger partial charge in [0.25, 0.3) is 5.69 Å². The first kappa shape index (κ1) is 19.6. The van der Waals surface area contributed by atoms with Gasteiger partial charge in [-0.2, -0.15) is 5.10 Å². The first-order chi connectivity index (χ1) is 12.4. The van der Waals surface area contributed by atoms with E-state index in [2.05, 4.69) is 15.5 Å². The van der Waals surface area contributed by atoms with Crippen LogP contribution in [0.5, 0.6) is 5.75 Å². The summed E-state index contributed by atoms with van der Waals surface area (Å²) in [5.41, 5.74) is 3.35. The van der Waals surface area contributed by atoms with Gasteiger partial charge in [-0.15, -0.1) is 22.9 Å². The van der Waals surface area contributed by atoms with Crippen LogP contribution in [-0.4, -0.2) is 33.8 Å². The van der Waals surface area contributed by atoms with Gasteiger partial charge in [0.2, 0.25) is 5.13 Å². The lowest BCUT2D eigenvalue weighted by Gasteiger charge is -2.04. The predicted molar refractivity (Wildman–Crippen MR) is 98.0 cm³/mol. The van der Waals surface area contributed by atoms with Gasteiger partial charge in [-0.25, -0.2) is 4.98 Å². The highest BCUT2D eigenvalue weighted by atomic mass is 35.5. The Morgan fingerprint density at radius 1 is 1.58 bits per heavy atom. The molecule has 0 unspecified atom stereocenters. The highest BCUT2D eigenvalue weighted by Gasteiger charge is 2.14. The molecule has 11 heteroatoms. The first-order valence-electron chi connectivity index (χ1n) is 7.40. The number of carbonyl (C=O) groups is 1. The van der Waals surface area contributed by atoms with Crippen LogP contribution in [0.25, 0.3) is 0 Å². The molecule has 1 aromatic heterocycles. The van der Waals surface area contributed by atoms with Crippen LogP contribution in [0.3, 0.4) is 0 Å². The third kappa shape index (κ3) is 5.14. The van der Waals surface area contributed by atoms with E-state index in [4.69, 9.17) is 16.3 Å². The van der Waals surface area contributed by atoms with Gasteiger partial charge in [-0.3, -0.25) is 20.3 Å². The highest BCUT2D eigenvalue weighted by molar-refractivity contribution is 7.13. The maximum atomic E-state index is 11.4. The van der Waals surface area contributed by atoms with Crippen molar-refractivity contribution in [3.05, 3.63) is 44.4 Å². The number of anilines is 1. The van der Waals surface area contributed by atoms with Crippen LogP contribution in [0.1, 0.15) is 23.7 Å². The number of esters is 1. The lowest BCUT2D eigenvalue weighted by atomic mass is 10.1. The first-order valence-corrected chi connectivity index (χ1v) is 8.81. The summed E-state index contributed by atoms with van der Waals surface area (Å²) in [7, 11) is 0. The van der Waals surface area contributed by atoms with E-state index in [-0.39, 0.29) is 40.8 Å². The molecule has 0 atom stereocenters. The van der Waals surface area contributed by atoms with E-state index in [0.29, 0.717) is 17.4 Å². The molecule has 0 spiro atoms. The average molecular weight is 399 g/mol. The molecule has 0 amide bonds. The van der Waals surface area contributed by atoms with E-state index < -0.39 is 4.92 Å². The highest BCUT2D eigenvalue weighted by Crippen LogP contribution is 2.28. The Hall–Kier alpha value is -2.72. The Morgan fingerprint density at radius 2 is 2.35 bits per heavy atom. The molecule has 9 nitrogen and oxygen atoms in total. The fourth-order valence-electron chi connectivity index (χ4n) is 1.96. The fraction of sp³-hybridized carbons (Fsp3) is 0.267. The molecule has 0 saturated heterocycles. The van der Waals surface area contributed by atoms with E-state index in [9.17, 15) is 20.0 Å². The molecule has 2 aromatic rings. The molecule has 1 aromatic carbocycles. The Balaban J connectivity index is 2.09. The lowest BCUT2D eigenvalue weighted by Crippen LogP contribution is -2.07. The SMILES string of the molecule is CCOC(=O)Cc1csc(NN=Cc2cc([N+](=O)[O-])cc(CCl)c2O)n1. The lowest BCUT2D eigenvalue weighted by molar-refractivity contribution is -0.384. The topological polar surface area (TPSA) is 127 Å². The van der Waals surface area contributed by atoms with Crippen LogP contribution in [0.4, 0.5) is 10.8 Å². The molecule has 0 radical (unpaired) electrons. The number of ether oxygens (including phenoxy) is 1. The average Bonchev–Trinajstić information content (AvgIpc) is 3.03. The number of alkyl halides is 1. The molecule has 1 heterocycles. The van der Waals surface area contributed by atoms with Crippen LogP contribution in [0, 0.1) is 10.1 Å². The molecule has 0 bridgehead atoms. The number of hydrazone groups is 1. The Bertz CT molecular complexity index is 839. The van der Waals surface area contributed by atoms with Crippen molar-refractivity contribution in [3.63, 3.8) is 0 Å². The van der Waals surface area contributed by atoms with E-state index in [1.54, 1.807) is 12.3 Å². The number of nitrogens with zero attached hydrogens (tertiary/aromatic N) is 3. The quantitative estimate of drug-likeness (QED) is 0.230. The molecule has 0 aliphatic rings. The summed E-state index contributed by atoms with van der Waals surface area (Å²) >= 11 is 6.92. The van der Waals surface area contributed by atoms with E-state index >= 15 is 0 Å². The summed E-state index contributed by atoms with van der Waals surface area (Å²) in [4.78, 5) is 25.9. The number of phenolic OH excluding ortho intramolecular Hbond substituents is 1. The minimum atomic E-state index is -0.581. The van der Waals surface area contributed by atoms with E-state index in [1.807, 2.05) is 0 Å². The molecule has 2 N–H and O–H groups in total. The van der Waals surface area contributed by atoms with Crippen LogP contribution >= 0.6 is 22.9 Å². The van der Waals surface area contributed by atoms with Crippen molar-refractivity contribution in [2.45, 2.75) is 19.2 Å². The van der Waals surface area contributed by atoms with Crippen molar-refractivity contribution in [1.29, 1.82) is 0 Å². The maximum absolute atomic E-state index is 11.4. The summed E-state index contributed by atoms with van der Waals surface area (Å²) < 4.78 is 4.84. The molecule has 0 aliphatic heterocycles. The summed E-state index contributed by atoms with van der Waals surface area (Å²) in [5, 5.41) is 27.0. The van der Waals surface area contributed by atoms with Gasteiger partial charge in [0.05, 0.1) is 35.7 Å². The van der Waals surface area contributed by atoms with Crippen molar-refractivity contribution in [2.75, 3.05) is 12.0 Å². The number of nitro groups is 1. The predicted octanol–water partition coefficient (Wildman–Crippen LogP) is 3.05. The molecular weight excluding hydrogens is 384 g/mol. The summed E-state index contributed by atoms with van der Waals surface area (Å²) in [6.45, 7) is 2.02. The van der Waals surface area contributed by atoms with Gasteiger partial charge in [0.15, 0.2) is 0 Å². The van der Waals surface area contributed by atoms with Gasteiger partial charge in [0, 0.05) is 28.6 Å². The summed E-state index contributed by atoms with van der Waals surface area (Å²) in [6, 6.07) is 2.39. The monoisotopic (exact) mass is 398 g/mol. The number of non-ortho nitro benzene ring substituents is 1. The zero-order valence-corrected chi connectivity index (χ0v) is 15.2. The van der Waals surface area contributed by atoms with Crippen molar-refractivity contribution in [2.24, 2.45) is 5.10 Å². The van der Waals surface area contributed by atoms with Gasteiger partial charge >= 0.3 is 5.97 Å². The van der Waals surface area contributed by atoms with Crippen molar-refractivity contribution in [3.8, 4) is 5.75 Å². The van der Waals surface area contributed by atoms with E-state index in [1.165, 1.54) is 29.7 Å². The second kappa shape index (κ2) is 9.11. The van der Waals surface area contributed by atoms with Crippen LogP contribution in [0.2, 0.25) is 0 Å². The number of phenols is 1. The smallest absolute Gasteiger partial charge is 0.311 e. The Labute approximate surface area is 157 Å². The Morgan fingerprint density at radius 3 is 3.00 bits per heavy atom. The second-order valence-electron chi connectivity index (χ2n) is 4.93. The molecule has 0 fully saturated rings. The number of halogens is 1. The number of rotatable bonds is 8. The van der Waals surface area contributed by atoms with Crippen molar-refractivity contribution < 1.29 is 19.6 Å². The molecule has 2 rings (SSSR count). The van der Waals surface area contributed by atoms with Crippen LogP contribution in [0.15, 0.2) is 22.6 Å². The number of hydrogen-bond donors (Lipinski definition) is 2. The molecule has 0 aliphatic carbocycles. The molecule has 26 heavy (non-hydrogen) atoms. The summed E-state index contributed by atoms with van der Waals surface area (Å²) in [5.74, 6) is -0.632. The number of benzene rings is 1. The largest absolute Gasteiger partial charge is 0.507 e. The number of hydrogen-bond acceptors (Lipinski definition) is 9. The van der Waals surface area contributed by atoms with Gasteiger partial charge < -0.3 is 9.84 Å². The molecule has 138 valence electrons. The number of nitro benzene ring substituents is 1. The van der Waals surface area contributed by atoms with Gasteiger partial charge in [0.1, 0.15) is 5.75 Å². The fourth-order valence-corrected chi connectivity index (χ4v) is 2.83. The summed E-state index contributed by atoms with van der Waals surface area (Å²) in [6.07, 6.45) is 1.28. The Kier molecular flexibility index (Phi) is 6.87. The normalized spacial score (nSPS) is 10.8. The third-order valence-electron chi connectivity index (χ3n) is 3.10. The number of aromatic nitrogens is 1. The number of aromatic hydroxyl groups is 1. The minimum absolute atomic E-state index is 0.0560. The van der Waals surface area contributed by atoms with E-state index in [0.717, 1.165) is 0 Å². The third-order valence-corrected chi connectivity index (χ3v) is 4.19. The van der Waals surface area contributed by atoms with Crippen molar-refractivity contribution in [1.82, 2.24) is 4.98 Å². The number of carbonyl (C=O) groups excluding carboxylic acids is 1.